The van der Waals surface area contributed by atoms with Gasteiger partial charge in [0, 0.05) is 12.1 Å². The van der Waals surface area contributed by atoms with Gasteiger partial charge in [-0.2, -0.15) is 0 Å². The third-order valence-corrected chi connectivity index (χ3v) is 5.60. The van der Waals surface area contributed by atoms with E-state index in [9.17, 15) is 4.79 Å². The summed E-state index contributed by atoms with van der Waals surface area (Å²) in [5, 5.41) is 0.675. The summed E-state index contributed by atoms with van der Waals surface area (Å²) in [6.07, 6.45) is 3.58. The third kappa shape index (κ3) is 3.82. The van der Waals surface area contributed by atoms with Crippen LogP contribution >= 0.6 is 0 Å². The molecule has 3 aromatic carbocycles. The molecule has 5 aromatic rings. The molecule has 0 spiro atoms. The summed E-state index contributed by atoms with van der Waals surface area (Å²) in [6, 6.07) is 23.8. The van der Waals surface area contributed by atoms with Gasteiger partial charge in [-0.3, -0.25) is 14.3 Å². The lowest BCUT2D eigenvalue weighted by Gasteiger charge is -2.11. The molecule has 152 valence electrons. The molecule has 0 aliphatic rings. The van der Waals surface area contributed by atoms with E-state index in [4.69, 9.17) is 4.98 Å². The van der Waals surface area contributed by atoms with Crippen LogP contribution in [-0.2, 0) is 13.0 Å². The minimum atomic E-state index is 0.0355. The first kappa shape index (κ1) is 19.1. The van der Waals surface area contributed by atoms with Crippen molar-refractivity contribution in [3.05, 3.63) is 101 Å². The Balaban J connectivity index is 1.29. The summed E-state index contributed by atoms with van der Waals surface area (Å²) >= 11 is 0. The van der Waals surface area contributed by atoms with Crippen LogP contribution in [0.2, 0.25) is 0 Å². The summed E-state index contributed by atoms with van der Waals surface area (Å²) in [6.45, 7) is 2.55. The van der Waals surface area contributed by atoms with Crippen molar-refractivity contribution in [3.8, 4) is 11.3 Å². The van der Waals surface area contributed by atoms with Crippen molar-refractivity contribution in [1.82, 2.24) is 19.5 Å². The van der Waals surface area contributed by atoms with Crippen LogP contribution in [0.3, 0.4) is 0 Å². The molecule has 0 saturated heterocycles. The monoisotopic (exact) mass is 406 g/mol. The quantitative estimate of drug-likeness (QED) is 0.414. The van der Waals surface area contributed by atoms with E-state index in [1.54, 1.807) is 4.57 Å². The molecule has 2 heterocycles. The summed E-state index contributed by atoms with van der Waals surface area (Å²) in [5.41, 5.74) is 5.74. The van der Waals surface area contributed by atoms with Gasteiger partial charge < -0.3 is 0 Å². The van der Waals surface area contributed by atoms with E-state index in [1.165, 1.54) is 5.56 Å². The molecule has 2 aromatic heterocycles. The first-order chi connectivity index (χ1) is 15.2. The molecular weight excluding hydrogens is 384 g/mol. The van der Waals surface area contributed by atoms with Crippen LogP contribution in [0.25, 0.3) is 33.2 Å². The Hall–Kier alpha value is -3.86. The summed E-state index contributed by atoms with van der Waals surface area (Å²) in [7, 11) is 0. The molecule has 0 saturated carbocycles. The van der Waals surface area contributed by atoms with Gasteiger partial charge in [0.2, 0.25) is 0 Å². The predicted octanol–water partition coefficient (Wildman–Crippen LogP) is 4.95. The van der Waals surface area contributed by atoms with Gasteiger partial charge in [-0.25, -0.2) is 9.97 Å². The van der Waals surface area contributed by atoms with Crippen molar-refractivity contribution in [2.24, 2.45) is 0 Å². The van der Waals surface area contributed by atoms with Gasteiger partial charge >= 0.3 is 0 Å². The molecule has 0 fully saturated rings. The van der Waals surface area contributed by atoms with E-state index in [2.05, 4.69) is 34.2 Å². The number of fused-ring (bicyclic) bond motifs is 2. The second-order valence-electron chi connectivity index (χ2n) is 7.68. The SMILES string of the molecule is Cc1nc2ccccc2c(=O)n1CCCc1ccc(-c2cnc3ccccc3n2)cc1. The lowest BCUT2D eigenvalue weighted by molar-refractivity contribution is 0.599. The van der Waals surface area contributed by atoms with Crippen LogP contribution in [0.4, 0.5) is 0 Å². The number of hydrogen-bond acceptors (Lipinski definition) is 4. The summed E-state index contributed by atoms with van der Waals surface area (Å²) < 4.78 is 1.78. The minimum Gasteiger partial charge on any atom is -0.296 e. The van der Waals surface area contributed by atoms with Crippen LogP contribution in [0.15, 0.2) is 83.8 Å². The number of rotatable bonds is 5. The fourth-order valence-corrected chi connectivity index (χ4v) is 3.92. The Labute approximate surface area is 180 Å². The molecule has 5 heteroatoms. The van der Waals surface area contributed by atoms with Crippen molar-refractivity contribution in [1.29, 1.82) is 0 Å². The molecular formula is C26H22N4O. The Kier molecular flexibility index (Phi) is 5.00. The molecule has 0 atom stereocenters. The molecule has 5 rings (SSSR count). The Morgan fingerprint density at radius 1 is 0.806 bits per heavy atom. The molecule has 5 nitrogen and oxygen atoms in total. The smallest absolute Gasteiger partial charge is 0.261 e. The van der Waals surface area contributed by atoms with Gasteiger partial charge in [-0.15, -0.1) is 0 Å². The molecule has 0 amide bonds. The lowest BCUT2D eigenvalue weighted by Crippen LogP contribution is -2.24. The summed E-state index contributed by atoms with van der Waals surface area (Å²) in [5.74, 6) is 0.758. The van der Waals surface area contributed by atoms with E-state index in [0.29, 0.717) is 11.9 Å². The maximum Gasteiger partial charge on any atom is 0.261 e. The van der Waals surface area contributed by atoms with E-state index in [1.807, 2.05) is 61.7 Å². The standard InChI is InChI=1S/C26H22N4O/c1-18-28-22-9-3-2-8-21(22)26(31)30(18)16-6-7-19-12-14-20(15-13-19)25-17-27-23-10-4-5-11-24(23)29-25/h2-5,8-15,17H,6-7,16H2,1H3. The average molecular weight is 406 g/mol. The van der Waals surface area contributed by atoms with E-state index >= 15 is 0 Å². The Morgan fingerprint density at radius 2 is 1.52 bits per heavy atom. The molecule has 0 unspecified atom stereocenters. The topological polar surface area (TPSA) is 60.7 Å². The van der Waals surface area contributed by atoms with Gasteiger partial charge in [-0.1, -0.05) is 48.5 Å². The van der Waals surface area contributed by atoms with E-state index < -0.39 is 0 Å². The van der Waals surface area contributed by atoms with Gasteiger partial charge in [0.05, 0.1) is 33.8 Å². The van der Waals surface area contributed by atoms with Gasteiger partial charge in [0.25, 0.3) is 5.56 Å². The molecule has 31 heavy (non-hydrogen) atoms. The normalized spacial score (nSPS) is 11.3. The highest BCUT2D eigenvalue weighted by Crippen LogP contribution is 2.20. The van der Waals surface area contributed by atoms with Crippen LogP contribution in [0, 0.1) is 6.92 Å². The van der Waals surface area contributed by atoms with E-state index in [0.717, 1.165) is 46.5 Å². The fourth-order valence-electron chi connectivity index (χ4n) is 3.92. The highest BCUT2D eigenvalue weighted by atomic mass is 16.1. The van der Waals surface area contributed by atoms with E-state index in [-0.39, 0.29) is 5.56 Å². The molecule has 0 N–H and O–H groups in total. The first-order valence-corrected chi connectivity index (χ1v) is 10.5. The number of benzene rings is 3. The van der Waals surface area contributed by atoms with Gasteiger partial charge in [0.15, 0.2) is 0 Å². The zero-order valence-corrected chi connectivity index (χ0v) is 17.3. The summed E-state index contributed by atoms with van der Waals surface area (Å²) in [4.78, 5) is 26.6. The van der Waals surface area contributed by atoms with Crippen molar-refractivity contribution in [2.45, 2.75) is 26.3 Å². The largest absolute Gasteiger partial charge is 0.296 e. The Morgan fingerprint density at radius 3 is 2.32 bits per heavy atom. The maximum absolute atomic E-state index is 12.8. The van der Waals surface area contributed by atoms with Crippen LogP contribution in [0.5, 0.6) is 0 Å². The van der Waals surface area contributed by atoms with Gasteiger partial charge in [0.1, 0.15) is 5.82 Å². The number of nitrogens with zero attached hydrogens (tertiary/aromatic N) is 4. The van der Waals surface area contributed by atoms with Gasteiger partial charge in [-0.05, 0) is 49.6 Å². The number of para-hydroxylation sites is 3. The average Bonchev–Trinajstić information content (AvgIpc) is 2.81. The van der Waals surface area contributed by atoms with Crippen molar-refractivity contribution >= 4 is 21.9 Å². The number of aromatic nitrogens is 4. The fraction of sp³-hybridized carbons (Fsp3) is 0.154. The second-order valence-corrected chi connectivity index (χ2v) is 7.68. The van der Waals surface area contributed by atoms with Crippen molar-refractivity contribution < 1.29 is 0 Å². The maximum atomic E-state index is 12.8. The minimum absolute atomic E-state index is 0.0355. The lowest BCUT2D eigenvalue weighted by atomic mass is 10.1. The molecule has 0 bridgehead atoms. The second kappa shape index (κ2) is 8.11. The first-order valence-electron chi connectivity index (χ1n) is 10.5. The molecule has 0 aliphatic heterocycles. The van der Waals surface area contributed by atoms with Crippen LogP contribution in [-0.4, -0.2) is 19.5 Å². The van der Waals surface area contributed by atoms with Crippen molar-refractivity contribution in [3.63, 3.8) is 0 Å². The number of aryl methyl sites for hydroxylation is 2. The highest BCUT2D eigenvalue weighted by Gasteiger charge is 2.08. The zero-order valence-electron chi connectivity index (χ0n) is 17.3. The van der Waals surface area contributed by atoms with Crippen LogP contribution in [0.1, 0.15) is 17.8 Å². The Bertz CT molecular complexity index is 1440. The number of hydrogen-bond donors (Lipinski definition) is 0. The molecule has 0 radical (unpaired) electrons. The zero-order chi connectivity index (χ0) is 21.2. The van der Waals surface area contributed by atoms with Crippen molar-refractivity contribution in [2.75, 3.05) is 0 Å². The predicted molar refractivity (Wildman–Crippen MR) is 124 cm³/mol. The van der Waals surface area contributed by atoms with Crippen LogP contribution < -0.4 is 5.56 Å². The highest BCUT2D eigenvalue weighted by molar-refractivity contribution is 5.77. The molecule has 0 aliphatic carbocycles. The third-order valence-electron chi connectivity index (χ3n) is 5.60.